The summed E-state index contributed by atoms with van der Waals surface area (Å²) in [5.41, 5.74) is 2.56. The van der Waals surface area contributed by atoms with Crippen LogP contribution in [0.1, 0.15) is 80.5 Å². The van der Waals surface area contributed by atoms with Crippen LogP contribution < -0.4 is 15.4 Å². The van der Waals surface area contributed by atoms with Gasteiger partial charge in [-0.25, -0.2) is 0 Å². The van der Waals surface area contributed by atoms with E-state index >= 15 is 0 Å². The Balaban J connectivity index is 1.30. The Hall–Kier alpha value is -3.38. The predicted molar refractivity (Wildman–Crippen MR) is 178 cm³/mol. The van der Waals surface area contributed by atoms with Crippen LogP contribution in [0.3, 0.4) is 0 Å². The number of nitrogens with one attached hydrogen (secondary N) is 2. The molecule has 1 amide bonds. The molecule has 47 heavy (non-hydrogen) atoms. The summed E-state index contributed by atoms with van der Waals surface area (Å²) in [4.78, 5) is 16.5. The predicted octanol–water partition coefficient (Wildman–Crippen LogP) is 3.34. The van der Waals surface area contributed by atoms with Crippen LogP contribution in [0.4, 0.5) is 0 Å². The van der Waals surface area contributed by atoms with E-state index in [9.17, 15) is 30.3 Å². The van der Waals surface area contributed by atoms with Crippen molar-refractivity contribution >= 4 is 5.91 Å². The first kappa shape index (κ1) is 34.9. The smallest absolute Gasteiger partial charge is 0.220 e. The third-order valence-corrected chi connectivity index (χ3v) is 9.51. The first-order chi connectivity index (χ1) is 22.6. The van der Waals surface area contributed by atoms with Crippen molar-refractivity contribution in [3.8, 4) is 16.9 Å². The molecule has 2 fully saturated rings. The summed E-state index contributed by atoms with van der Waals surface area (Å²) < 4.78 is 6.23. The second kappa shape index (κ2) is 15.2. The first-order valence-corrected chi connectivity index (χ1v) is 16.8. The van der Waals surface area contributed by atoms with E-state index in [1.165, 1.54) is 0 Å². The zero-order chi connectivity index (χ0) is 33.6. The Bertz CT molecular complexity index is 1510. The topological polar surface area (TPSA) is 164 Å². The van der Waals surface area contributed by atoms with Crippen LogP contribution in [0.25, 0.3) is 11.1 Å². The molecule has 10 nitrogen and oxygen atoms in total. The summed E-state index contributed by atoms with van der Waals surface area (Å²) in [7, 11) is 0. The normalized spacial score (nSPS) is 18.5. The first-order valence-electron chi connectivity index (χ1n) is 16.8. The van der Waals surface area contributed by atoms with Gasteiger partial charge in [0.2, 0.25) is 5.91 Å². The number of carbonyl (C=O) groups is 1. The number of ether oxygens (including phenoxy) is 1. The molecule has 0 unspecified atom stereocenters. The van der Waals surface area contributed by atoms with Gasteiger partial charge in [0, 0.05) is 43.0 Å². The van der Waals surface area contributed by atoms with Crippen LogP contribution in [0.2, 0.25) is 0 Å². The number of aromatic nitrogens is 1. The van der Waals surface area contributed by atoms with Crippen LogP contribution in [0.15, 0.2) is 60.9 Å². The molecule has 0 aliphatic heterocycles. The molecular weight excluding hydrogens is 598 g/mol. The number of hydrogen-bond donors (Lipinski definition) is 7. The minimum absolute atomic E-state index is 0.197. The van der Waals surface area contributed by atoms with Gasteiger partial charge >= 0.3 is 0 Å². The zero-order valence-corrected chi connectivity index (χ0v) is 27.4. The molecule has 10 heteroatoms. The minimum Gasteiger partial charge on any atom is -0.490 e. The van der Waals surface area contributed by atoms with Crippen LogP contribution in [0.5, 0.6) is 5.75 Å². The summed E-state index contributed by atoms with van der Waals surface area (Å²) >= 11 is 0. The molecule has 1 heterocycles. The van der Waals surface area contributed by atoms with Crippen molar-refractivity contribution < 1.29 is 35.1 Å². The minimum atomic E-state index is -2.27. The number of amides is 1. The number of carbonyl (C=O) groups excluding carboxylic acids is 1. The largest absolute Gasteiger partial charge is 0.490 e. The highest BCUT2D eigenvalue weighted by Crippen LogP contribution is 2.50. The molecule has 0 spiro atoms. The highest BCUT2D eigenvalue weighted by molar-refractivity contribution is 5.76. The lowest BCUT2D eigenvalue weighted by Crippen LogP contribution is -2.55. The summed E-state index contributed by atoms with van der Waals surface area (Å²) in [6.45, 7) is 3.20. The van der Waals surface area contributed by atoms with Crippen LogP contribution in [0, 0.1) is 6.92 Å². The average molecular weight is 648 g/mol. The van der Waals surface area contributed by atoms with Crippen molar-refractivity contribution in [1.82, 2.24) is 15.6 Å². The standard InChI is InChI=1S/C37H49N3O7/c1-3-4-5-10-33(43)39-22-31(42)34(44)35(45)37(46,23-41)26-12-11-24(2)25(19-26)20-40-36(16-17-36)30-21-38-18-15-28(30)29-8-6-7-9-32(29)47-27-13-14-27/h6-9,11-12,15,18-19,21,27,31,34-35,40-42,44-46H,3-5,10,13-14,16-17,20,22-23H2,1-2H3,(H,39,43)/t31-,34+,35+,37-/m0/s1. The number of aryl methyl sites for hydroxylation is 1. The quantitative estimate of drug-likeness (QED) is 0.103. The lowest BCUT2D eigenvalue weighted by molar-refractivity contribution is -0.172. The maximum atomic E-state index is 12.1. The molecule has 2 aliphatic rings. The number of pyridine rings is 1. The van der Waals surface area contributed by atoms with E-state index in [4.69, 9.17) is 4.74 Å². The fourth-order valence-corrected chi connectivity index (χ4v) is 6.04. The monoisotopic (exact) mass is 647 g/mol. The number of aliphatic hydroxyl groups is 5. The Labute approximate surface area is 276 Å². The lowest BCUT2D eigenvalue weighted by atomic mass is 9.83. The summed E-state index contributed by atoms with van der Waals surface area (Å²) in [5, 5.41) is 60.4. The second-order valence-corrected chi connectivity index (χ2v) is 13.2. The number of unbranched alkanes of at least 4 members (excludes halogenated alkanes) is 2. The van der Waals surface area contributed by atoms with Gasteiger partial charge in [-0.05, 0) is 79.0 Å². The van der Waals surface area contributed by atoms with E-state index < -0.39 is 30.5 Å². The average Bonchev–Trinajstić information content (AvgIpc) is 4.04. The third-order valence-electron chi connectivity index (χ3n) is 9.51. The number of benzene rings is 2. The maximum absolute atomic E-state index is 12.1. The molecule has 2 aliphatic carbocycles. The SMILES string of the molecule is CCCCCC(=O)NC[C@H](O)[C@@H](O)[C@@H](O)[C@](O)(CO)c1ccc(C)c(CNC2(c3cnccc3-c3ccccc3OC3CC3)CC2)c1. The van der Waals surface area contributed by atoms with Gasteiger partial charge in [0.05, 0.1) is 18.8 Å². The Morgan fingerprint density at radius 1 is 1.09 bits per heavy atom. The fourth-order valence-electron chi connectivity index (χ4n) is 6.04. The zero-order valence-electron chi connectivity index (χ0n) is 27.4. The molecule has 2 aromatic carbocycles. The number of para-hydroxylation sites is 1. The Morgan fingerprint density at radius 2 is 1.85 bits per heavy atom. The number of nitrogens with zero attached hydrogens (tertiary/aromatic N) is 1. The van der Waals surface area contributed by atoms with Gasteiger partial charge in [0.25, 0.3) is 0 Å². The van der Waals surface area contributed by atoms with Crippen molar-refractivity contribution in [3.05, 3.63) is 83.2 Å². The number of aliphatic hydroxyl groups excluding tert-OH is 4. The summed E-state index contributed by atoms with van der Waals surface area (Å²) in [6.07, 6.45) is 5.49. The maximum Gasteiger partial charge on any atom is 0.220 e. The highest BCUT2D eigenvalue weighted by atomic mass is 16.5. The Kier molecular flexibility index (Phi) is 11.3. The molecule has 3 aromatic rings. The number of hydrogen-bond acceptors (Lipinski definition) is 9. The molecule has 1 aromatic heterocycles. The Morgan fingerprint density at radius 3 is 2.55 bits per heavy atom. The molecule has 0 bridgehead atoms. The van der Waals surface area contributed by atoms with Gasteiger partial charge in [-0.2, -0.15) is 0 Å². The van der Waals surface area contributed by atoms with Crippen LogP contribution in [-0.2, 0) is 22.5 Å². The molecule has 0 radical (unpaired) electrons. The highest BCUT2D eigenvalue weighted by Gasteiger charge is 2.47. The number of rotatable bonds is 18. The van der Waals surface area contributed by atoms with Crippen molar-refractivity contribution in [2.75, 3.05) is 13.2 Å². The van der Waals surface area contributed by atoms with Gasteiger partial charge in [-0.3, -0.25) is 9.78 Å². The van der Waals surface area contributed by atoms with Gasteiger partial charge in [0.15, 0.2) is 0 Å². The second-order valence-electron chi connectivity index (χ2n) is 13.2. The molecule has 5 rings (SSSR count). The van der Waals surface area contributed by atoms with Crippen molar-refractivity contribution in [2.45, 2.75) is 107 Å². The van der Waals surface area contributed by atoms with E-state index in [2.05, 4.69) is 21.7 Å². The van der Waals surface area contributed by atoms with Gasteiger partial charge < -0.3 is 40.9 Å². The molecule has 7 N–H and O–H groups in total. The third kappa shape index (κ3) is 8.20. The molecular formula is C37H49N3O7. The summed E-state index contributed by atoms with van der Waals surface area (Å²) in [6, 6.07) is 15.2. The van der Waals surface area contributed by atoms with E-state index in [0.29, 0.717) is 19.4 Å². The van der Waals surface area contributed by atoms with Gasteiger partial charge in [-0.1, -0.05) is 56.2 Å². The van der Waals surface area contributed by atoms with Gasteiger partial charge in [0.1, 0.15) is 23.6 Å². The van der Waals surface area contributed by atoms with Crippen LogP contribution >= 0.6 is 0 Å². The van der Waals surface area contributed by atoms with E-state index in [-0.39, 0.29) is 29.7 Å². The fraction of sp³-hybridized carbons (Fsp3) is 0.514. The van der Waals surface area contributed by atoms with Crippen molar-refractivity contribution in [2.24, 2.45) is 0 Å². The van der Waals surface area contributed by atoms with E-state index in [1.54, 1.807) is 24.4 Å². The van der Waals surface area contributed by atoms with Crippen LogP contribution in [-0.4, -0.2) is 74.0 Å². The van der Waals surface area contributed by atoms with Crippen molar-refractivity contribution in [3.63, 3.8) is 0 Å². The molecule has 0 saturated heterocycles. The van der Waals surface area contributed by atoms with E-state index in [0.717, 1.165) is 72.1 Å². The van der Waals surface area contributed by atoms with E-state index in [1.807, 2.05) is 44.3 Å². The van der Waals surface area contributed by atoms with Gasteiger partial charge in [-0.15, -0.1) is 0 Å². The lowest BCUT2D eigenvalue weighted by Gasteiger charge is -2.36. The molecule has 4 atom stereocenters. The van der Waals surface area contributed by atoms with Crippen molar-refractivity contribution in [1.29, 1.82) is 0 Å². The molecule has 2 saturated carbocycles. The molecule has 254 valence electrons. The summed E-state index contributed by atoms with van der Waals surface area (Å²) in [5.74, 6) is 0.597.